The van der Waals surface area contributed by atoms with Gasteiger partial charge >= 0.3 is 12.1 Å². The van der Waals surface area contributed by atoms with E-state index in [1.54, 1.807) is 12.3 Å². The second-order valence-corrected chi connectivity index (χ2v) is 8.32. The smallest absolute Gasteiger partial charge is 0.416 e. The van der Waals surface area contributed by atoms with E-state index in [9.17, 15) is 23.1 Å². The molecule has 1 N–H and O–H groups in total. The predicted molar refractivity (Wildman–Crippen MR) is 127 cm³/mol. The van der Waals surface area contributed by atoms with Crippen LogP contribution in [-0.4, -0.2) is 21.0 Å². The zero-order valence-corrected chi connectivity index (χ0v) is 18.7. The highest BCUT2D eigenvalue weighted by molar-refractivity contribution is 5.71. The SMILES string of the molecule is O=C(O)C(Cc1ccccc1)Cc1ncc(-c2ccccc2)nc1Cc1cccc(C(F)(F)F)c1. The van der Waals surface area contributed by atoms with E-state index < -0.39 is 23.6 Å². The van der Waals surface area contributed by atoms with Crippen LogP contribution in [-0.2, 0) is 30.2 Å². The number of rotatable bonds is 8. The number of carbonyl (C=O) groups is 1. The number of benzene rings is 3. The Morgan fingerprint density at radius 1 is 0.829 bits per heavy atom. The maximum Gasteiger partial charge on any atom is 0.416 e. The summed E-state index contributed by atoms with van der Waals surface area (Å²) in [6.45, 7) is 0. The molecule has 7 heteroatoms. The van der Waals surface area contributed by atoms with Gasteiger partial charge in [-0.1, -0.05) is 78.9 Å². The molecule has 0 amide bonds. The Bertz CT molecular complexity index is 1290. The molecule has 0 bridgehead atoms. The molecule has 178 valence electrons. The summed E-state index contributed by atoms with van der Waals surface area (Å²) >= 11 is 0. The van der Waals surface area contributed by atoms with Gasteiger partial charge in [-0.05, 0) is 23.6 Å². The molecule has 3 aromatic carbocycles. The van der Waals surface area contributed by atoms with Crippen LogP contribution in [0.2, 0.25) is 0 Å². The van der Waals surface area contributed by atoms with Crippen molar-refractivity contribution in [3.63, 3.8) is 0 Å². The zero-order chi connectivity index (χ0) is 24.8. The largest absolute Gasteiger partial charge is 0.481 e. The molecule has 0 spiro atoms. The van der Waals surface area contributed by atoms with Gasteiger partial charge in [0.1, 0.15) is 0 Å². The highest BCUT2D eigenvalue weighted by Crippen LogP contribution is 2.30. The van der Waals surface area contributed by atoms with E-state index in [0.717, 1.165) is 23.3 Å². The van der Waals surface area contributed by atoms with Crippen molar-refractivity contribution in [3.05, 3.63) is 119 Å². The first-order valence-electron chi connectivity index (χ1n) is 11.1. The maximum absolute atomic E-state index is 13.2. The topological polar surface area (TPSA) is 63.1 Å². The summed E-state index contributed by atoms with van der Waals surface area (Å²) in [4.78, 5) is 21.3. The monoisotopic (exact) mass is 476 g/mol. The van der Waals surface area contributed by atoms with Gasteiger partial charge in [-0.25, -0.2) is 4.98 Å². The summed E-state index contributed by atoms with van der Waals surface area (Å²) in [5.41, 5.74) is 2.89. The number of alkyl halides is 3. The van der Waals surface area contributed by atoms with Gasteiger partial charge in [-0.2, -0.15) is 13.2 Å². The van der Waals surface area contributed by atoms with Crippen LogP contribution in [0.5, 0.6) is 0 Å². The quantitative estimate of drug-likeness (QED) is 0.327. The zero-order valence-electron chi connectivity index (χ0n) is 18.7. The average molecular weight is 476 g/mol. The van der Waals surface area contributed by atoms with Crippen molar-refractivity contribution in [3.8, 4) is 11.3 Å². The molecule has 0 radical (unpaired) electrons. The van der Waals surface area contributed by atoms with Crippen molar-refractivity contribution in [2.24, 2.45) is 5.92 Å². The van der Waals surface area contributed by atoms with Crippen LogP contribution in [0.3, 0.4) is 0 Å². The molecular weight excluding hydrogens is 453 g/mol. The second-order valence-electron chi connectivity index (χ2n) is 8.32. The molecule has 0 aliphatic carbocycles. The molecule has 4 rings (SSSR count). The second kappa shape index (κ2) is 10.5. The molecule has 35 heavy (non-hydrogen) atoms. The number of aliphatic carboxylic acids is 1. The summed E-state index contributed by atoms with van der Waals surface area (Å²) in [6, 6.07) is 23.7. The third kappa shape index (κ3) is 6.32. The van der Waals surface area contributed by atoms with Crippen molar-refractivity contribution < 1.29 is 23.1 Å². The Kier molecular flexibility index (Phi) is 7.25. The molecule has 1 heterocycles. The third-order valence-electron chi connectivity index (χ3n) is 5.74. The van der Waals surface area contributed by atoms with E-state index in [2.05, 4.69) is 4.98 Å². The molecule has 0 saturated carbocycles. The van der Waals surface area contributed by atoms with E-state index in [0.29, 0.717) is 29.1 Å². The fraction of sp³-hybridized carbons (Fsp3) is 0.179. The van der Waals surface area contributed by atoms with Crippen molar-refractivity contribution >= 4 is 5.97 Å². The molecule has 1 atom stereocenters. The fourth-order valence-electron chi connectivity index (χ4n) is 3.94. The minimum atomic E-state index is -4.46. The minimum absolute atomic E-state index is 0.102. The van der Waals surface area contributed by atoms with Crippen LogP contribution in [0.4, 0.5) is 13.2 Å². The lowest BCUT2D eigenvalue weighted by atomic mass is 9.93. The lowest BCUT2D eigenvalue weighted by Gasteiger charge is -2.16. The standard InChI is InChI=1S/C28H23F3N2O2/c29-28(30,31)23-13-7-10-20(15-23)16-25-24(32-18-26(33-25)21-11-5-2-6-12-21)17-22(27(34)35)14-19-8-3-1-4-9-19/h1-13,15,18,22H,14,16-17H2,(H,34,35). The number of hydrogen-bond donors (Lipinski definition) is 1. The molecule has 1 unspecified atom stereocenters. The Morgan fingerprint density at radius 2 is 1.49 bits per heavy atom. The van der Waals surface area contributed by atoms with Crippen LogP contribution in [0.1, 0.15) is 28.1 Å². The summed E-state index contributed by atoms with van der Waals surface area (Å²) < 4.78 is 39.7. The molecule has 1 aromatic heterocycles. The van der Waals surface area contributed by atoms with Gasteiger partial charge in [0.25, 0.3) is 0 Å². The molecule has 4 nitrogen and oxygen atoms in total. The van der Waals surface area contributed by atoms with Gasteiger partial charge in [0.2, 0.25) is 0 Å². The number of carboxylic acid groups (broad SMARTS) is 1. The van der Waals surface area contributed by atoms with Gasteiger partial charge in [-0.3, -0.25) is 9.78 Å². The van der Waals surface area contributed by atoms with Gasteiger partial charge in [0.15, 0.2) is 0 Å². The highest BCUT2D eigenvalue weighted by atomic mass is 19.4. The van der Waals surface area contributed by atoms with E-state index in [4.69, 9.17) is 4.98 Å². The normalized spacial score (nSPS) is 12.3. The number of halogens is 3. The van der Waals surface area contributed by atoms with Gasteiger partial charge < -0.3 is 5.11 Å². The molecule has 0 fully saturated rings. The third-order valence-corrected chi connectivity index (χ3v) is 5.74. The van der Waals surface area contributed by atoms with Crippen LogP contribution in [0.25, 0.3) is 11.3 Å². The Balaban J connectivity index is 1.70. The predicted octanol–water partition coefficient (Wildman–Crippen LogP) is 6.24. The number of aromatic nitrogens is 2. The van der Waals surface area contributed by atoms with Crippen LogP contribution >= 0.6 is 0 Å². The fourth-order valence-corrected chi connectivity index (χ4v) is 3.94. The van der Waals surface area contributed by atoms with E-state index in [1.165, 1.54) is 6.07 Å². The van der Waals surface area contributed by atoms with Gasteiger partial charge in [0, 0.05) is 18.4 Å². The average Bonchev–Trinajstić information content (AvgIpc) is 2.85. The summed E-state index contributed by atoms with van der Waals surface area (Å²) in [5, 5.41) is 9.86. The molecular formula is C28H23F3N2O2. The maximum atomic E-state index is 13.2. The number of hydrogen-bond acceptors (Lipinski definition) is 3. The Hall–Kier alpha value is -4.00. The van der Waals surface area contributed by atoms with Crippen LogP contribution in [0, 0.1) is 5.92 Å². The first-order chi connectivity index (χ1) is 16.8. The van der Waals surface area contributed by atoms with Crippen molar-refractivity contribution in [1.82, 2.24) is 9.97 Å². The number of carboxylic acids is 1. The van der Waals surface area contributed by atoms with E-state index in [1.807, 2.05) is 60.7 Å². The van der Waals surface area contributed by atoms with Crippen LogP contribution < -0.4 is 0 Å². The van der Waals surface area contributed by atoms with E-state index in [-0.39, 0.29) is 12.8 Å². The molecule has 4 aromatic rings. The van der Waals surface area contributed by atoms with Crippen molar-refractivity contribution in [1.29, 1.82) is 0 Å². The van der Waals surface area contributed by atoms with Crippen LogP contribution in [0.15, 0.2) is 91.1 Å². The summed E-state index contributed by atoms with van der Waals surface area (Å²) in [5.74, 6) is -1.72. The number of nitrogens with zero attached hydrogens (tertiary/aromatic N) is 2. The minimum Gasteiger partial charge on any atom is -0.481 e. The van der Waals surface area contributed by atoms with Gasteiger partial charge in [-0.15, -0.1) is 0 Å². The summed E-state index contributed by atoms with van der Waals surface area (Å²) in [6.07, 6.45) is -2.35. The highest BCUT2D eigenvalue weighted by Gasteiger charge is 2.30. The molecule has 0 saturated heterocycles. The Morgan fingerprint density at radius 3 is 2.14 bits per heavy atom. The summed E-state index contributed by atoms with van der Waals surface area (Å²) in [7, 11) is 0. The lowest BCUT2D eigenvalue weighted by Crippen LogP contribution is -2.21. The van der Waals surface area contributed by atoms with Gasteiger partial charge in [0.05, 0.1) is 34.8 Å². The van der Waals surface area contributed by atoms with Crippen molar-refractivity contribution in [2.75, 3.05) is 0 Å². The molecule has 0 aliphatic rings. The van der Waals surface area contributed by atoms with E-state index >= 15 is 0 Å². The Labute approximate surface area is 201 Å². The lowest BCUT2D eigenvalue weighted by molar-refractivity contribution is -0.141. The first kappa shape index (κ1) is 24.1. The van der Waals surface area contributed by atoms with Crippen molar-refractivity contribution in [2.45, 2.75) is 25.4 Å². The first-order valence-corrected chi connectivity index (χ1v) is 11.1. The molecule has 0 aliphatic heterocycles.